The van der Waals surface area contributed by atoms with Crippen LogP contribution in [-0.2, 0) is 6.42 Å². The van der Waals surface area contributed by atoms with E-state index in [4.69, 9.17) is 0 Å². The van der Waals surface area contributed by atoms with Crippen LogP contribution in [0.3, 0.4) is 0 Å². The largest absolute Gasteiger partial charge is 0.316 e. The van der Waals surface area contributed by atoms with Gasteiger partial charge in [0.15, 0.2) is 0 Å². The topological polar surface area (TPSA) is 12.0 Å². The molecule has 1 aromatic carbocycles. The van der Waals surface area contributed by atoms with E-state index in [2.05, 4.69) is 46.4 Å². The Morgan fingerprint density at radius 2 is 2.33 bits per heavy atom. The van der Waals surface area contributed by atoms with Crippen molar-refractivity contribution >= 4 is 15.9 Å². The first kappa shape index (κ1) is 11.2. The average molecular weight is 268 g/mol. The summed E-state index contributed by atoms with van der Waals surface area (Å²) < 4.78 is 1.20. The summed E-state index contributed by atoms with van der Waals surface area (Å²) in [6, 6.07) is 6.59. The molecule has 0 radical (unpaired) electrons. The number of halogens is 1. The molecule has 1 nitrogen and oxygen atoms in total. The monoisotopic (exact) mass is 267 g/mol. The Hall–Kier alpha value is -0.340. The van der Waals surface area contributed by atoms with Crippen molar-refractivity contribution in [3.63, 3.8) is 0 Å². The lowest BCUT2D eigenvalue weighted by Crippen LogP contribution is -2.30. The smallest absolute Gasteiger partial charge is 0.0178 e. The maximum Gasteiger partial charge on any atom is 0.0178 e. The summed E-state index contributed by atoms with van der Waals surface area (Å²) in [5.74, 6) is 0.826. The lowest BCUT2D eigenvalue weighted by molar-refractivity contribution is 0.375. The molecule has 1 N–H and O–H groups in total. The summed E-state index contributed by atoms with van der Waals surface area (Å²) in [5, 5.41) is 3.48. The lowest BCUT2D eigenvalue weighted by Gasteiger charge is -2.23. The van der Waals surface area contributed by atoms with E-state index in [1.807, 2.05) is 0 Å². The predicted molar refractivity (Wildman–Crippen MR) is 68.2 cm³/mol. The molecule has 0 aromatic heterocycles. The minimum atomic E-state index is 0.826. The number of aryl methyl sites for hydroxylation is 1. The Kier molecular flexibility index (Phi) is 3.81. The Morgan fingerprint density at radius 1 is 1.47 bits per heavy atom. The van der Waals surface area contributed by atoms with Crippen LogP contribution in [0.1, 0.15) is 24.0 Å². The first-order chi connectivity index (χ1) is 7.25. The second-order valence-electron chi connectivity index (χ2n) is 4.49. The second-order valence-corrected chi connectivity index (χ2v) is 5.40. The summed E-state index contributed by atoms with van der Waals surface area (Å²) >= 11 is 3.55. The zero-order chi connectivity index (χ0) is 10.7. The van der Waals surface area contributed by atoms with E-state index in [-0.39, 0.29) is 0 Å². The zero-order valence-corrected chi connectivity index (χ0v) is 10.8. The molecule has 1 heterocycles. The molecule has 82 valence electrons. The van der Waals surface area contributed by atoms with Crippen LogP contribution in [0.4, 0.5) is 0 Å². The van der Waals surface area contributed by atoms with Crippen molar-refractivity contribution < 1.29 is 0 Å². The Morgan fingerprint density at radius 3 is 3.07 bits per heavy atom. The van der Waals surface area contributed by atoms with Crippen molar-refractivity contribution in [2.45, 2.75) is 26.2 Å². The van der Waals surface area contributed by atoms with Crippen LogP contribution in [0.15, 0.2) is 22.7 Å². The number of hydrogen-bond donors (Lipinski definition) is 1. The van der Waals surface area contributed by atoms with Gasteiger partial charge in [-0.1, -0.05) is 22.0 Å². The van der Waals surface area contributed by atoms with Gasteiger partial charge in [-0.3, -0.25) is 0 Å². The number of benzene rings is 1. The van der Waals surface area contributed by atoms with Crippen molar-refractivity contribution in [2.24, 2.45) is 5.92 Å². The average Bonchev–Trinajstić information content (AvgIpc) is 2.25. The first-order valence-corrected chi connectivity index (χ1v) is 6.51. The van der Waals surface area contributed by atoms with E-state index in [9.17, 15) is 0 Å². The molecule has 1 saturated heterocycles. The fraction of sp³-hybridized carbons (Fsp3) is 0.538. The highest BCUT2D eigenvalue weighted by atomic mass is 79.9. The van der Waals surface area contributed by atoms with E-state index in [0.29, 0.717) is 0 Å². The molecule has 2 heteroatoms. The maximum absolute atomic E-state index is 3.55. The number of rotatable bonds is 2. The van der Waals surface area contributed by atoms with E-state index in [1.54, 1.807) is 0 Å². The van der Waals surface area contributed by atoms with Crippen LogP contribution < -0.4 is 5.32 Å². The van der Waals surface area contributed by atoms with E-state index in [0.717, 1.165) is 5.92 Å². The molecule has 1 aliphatic heterocycles. The number of piperidine rings is 1. The van der Waals surface area contributed by atoms with Crippen LogP contribution in [0, 0.1) is 12.8 Å². The van der Waals surface area contributed by atoms with Gasteiger partial charge in [-0.25, -0.2) is 0 Å². The molecule has 0 aliphatic carbocycles. The Labute approximate surface area is 100 Å². The van der Waals surface area contributed by atoms with Gasteiger partial charge in [0.05, 0.1) is 0 Å². The number of nitrogens with one attached hydrogen (secondary N) is 1. The quantitative estimate of drug-likeness (QED) is 0.867. The van der Waals surface area contributed by atoms with E-state index >= 15 is 0 Å². The van der Waals surface area contributed by atoms with Gasteiger partial charge in [-0.15, -0.1) is 0 Å². The molecule has 15 heavy (non-hydrogen) atoms. The number of hydrogen-bond acceptors (Lipinski definition) is 1. The van der Waals surface area contributed by atoms with Crippen molar-refractivity contribution in [1.82, 2.24) is 5.32 Å². The van der Waals surface area contributed by atoms with Gasteiger partial charge >= 0.3 is 0 Å². The van der Waals surface area contributed by atoms with Gasteiger partial charge in [0.2, 0.25) is 0 Å². The van der Waals surface area contributed by atoms with Gasteiger partial charge in [0.25, 0.3) is 0 Å². The zero-order valence-electron chi connectivity index (χ0n) is 9.22. The highest BCUT2D eigenvalue weighted by Gasteiger charge is 2.14. The maximum atomic E-state index is 3.55. The van der Waals surface area contributed by atoms with Crippen molar-refractivity contribution in [2.75, 3.05) is 13.1 Å². The minimum absolute atomic E-state index is 0.826. The molecule has 1 atom stereocenters. The third-order valence-corrected chi connectivity index (χ3v) is 3.71. The third kappa shape index (κ3) is 3.05. The molecule has 0 spiro atoms. The van der Waals surface area contributed by atoms with Crippen LogP contribution in [0.25, 0.3) is 0 Å². The molecule has 0 saturated carbocycles. The lowest BCUT2D eigenvalue weighted by atomic mass is 9.90. The molecule has 1 unspecified atom stereocenters. The summed E-state index contributed by atoms with van der Waals surface area (Å²) in [5.41, 5.74) is 2.92. The first-order valence-electron chi connectivity index (χ1n) is 5.71. The highest BCUT2D eigenvalue weighted by molar-refractivity contribution is 9.10. The van der Waals surface area contributed by atoms with Gasteiger partial charge in [-0.2, -0.15) is 0 Å². The predicted octanol–water partition coefficient (Wildman–Crippen LogP) is 3.30. The molecule has 1 fully saturated rings. The molecule has 0 amide bonds. The highest BCUT2D eigenvalue weighted by Crippen LogP contribution is 2.22. The van der Waals surface area contributed by atoms with Crippen LogP contribution >= 0.6 is 15.9 Å². The van der Waals surface area contributed by atoms with Gasteiger partial charge in [-0.05, 0) is 68.5 Å². The van der Waals surface area contributed by atoms with Crippen molar-refractivity contribution in [3.8, 4) is 0 Å². The summed E-state index contributed by atoms with van der Waals surface area (Å²) in [6.07, 6.45) is 3.93. The summed E-state index contributed by atoms with van der Waals surface area (Å²) in [4.78, 5) is 0. The molecular weight excluding hydrogens is 250 g/mol. The minimum Gasteiger partial charge on any atom is -0.316 e. The molecular formula is C13H18BrN. The van der Waals surface area contributed by atoms with Gasteiger partial charge in [0, 0.05) is 4.47 Å². The SMILES string of the molecule is Cc1ccc(Br)cc1CC1CCCNC1. The second kappa shape index (κ2) is 5.13. The standard InChI is InChI=1S/C13H18BrN/c1-10-4-5-13(14)8-12(10)7-11-3-2-6-15-9-11/h4-5,8,11,15H,2-3,6-7,9H2,1H3. The fourth-order valence-corrected chi connectivity index (χ4v) is 2.68. The van der Waals surface area contributed by atoms with Crippen LogP contribution in [-0.4, -0.2) is 13.1 Å². The Balaban J connectivity index is 2.05. The normalized spacial score (nSPS) is 21.6. The summed E-state index contributed by atoms with van der Waals surface area (Å²) in [7, 11) is 0. The van der Waals surface area contributed by atoms with Crippen molar-refractivity contribution in [3.05, 3.63) is 33.8 Å². The van der Waals surface area contributed by atoms with Crippen LogP contribution in [0.5, 0.6) is 0 Å². The Bertz CT molecular complexity index is 329. The van der Waals surface area contributed by atoms with E-state index < -0.39 is 0 Å². The fourth-order valence-electron chi connectivity index (χ4n) is 2.27. The molecule has 1 aromatic rings. The summed E-state index contributed by atoms with van der Waals surface area (Å²) in [6.45, 7) is 4.60. The molecule has 2 rings (SSSR count). The van der Waals surface area contributed by atoms with Gasteiger partial charge in [0.1, 0.15) is 0 Å². The molecule has 0 bridgehead atoms. The van der Waals surface area contributed by atoms with Crippen molar-refractivity contribution in [1.29, 1.82) is 0 Å². The van der Waals surface area contributed by atoms with E-state index in [1.165, 1.54) is 48.0 Å². The van der Waals surface area contributed by atoms with Gasteiger partial charge < -0.3 is 5.32 Å². The third-order valence-electron chi connectivity index (χ3n) is 3.22. The molecule has 1 aliphatic rings. The van der Waals surface area contributed by atoms with Crippen LogP contribution in [0.2, 0.25) is 0 Å².